The lowest BCUT2D eigenvalue weighted by molar-refractivity contribution is 0.339. The Morgan fingerprint density at radius 2 is 1.81 bits per heavy atom. The Balaban J connectivity index is 1.60. The molecule has 5 nitrogen and oxygen atoms in total. The molecule has 1 fully saturated rings. The molecule has 1 aliphatic heterocycles. The summed E-state index contributed by atoms with van der Waals surface area (Å²) in [4.78, 5) is 1.96. The molecule has 0 unspecified atom stereocenters. The van der Waals surface area contributed by atoms with Crippen molar-refractivity contribution < 1.29 is 22.1 Å². The van der Waals surface area contributed by atoms with E-state index in [0.717, 1.165) is 37.9 Å². The first-order valence-electron chi connectivity index (χ1n) is 9.10. The van der Waals surface area contributed by atoms with Crippen LogP contribution in [-0.4, -0.2) is 32.7 Å². The SMILES string of the molecule is CCOc1ccc(F)c(N2CCC(Cc3ccc(S(=O)(=O)O)cc3)CC2)c1. The van der Waals surface area contributed by atoms with Crippen LogP contribution in [0.25, 0.3) is 0 Å². The van der Waals surface area contributed by atoms with Crippen LogP contribution >= 0.6 is 0 Å². The van der Waals surface area contributed by atoms with Gasteiger partial charge in [0.15, 0.2) is 0 Å². The molecule has 3 rings (SSSR count). The van der Waals surface area contributed by atoms with Crippen LogP contribution < -0.4 is 9.64 Å². The van der Waals surface area contributed by atoms with Crippen molar-refractivity contribution in [1.82, 2.24) is 0 Å². The topological polar surface area (TPSA) is 66.8 Å². The van der Waals surface area contributed by atoms with Crippen molar-refractivity contribution in [1.29, 1.82) is 0 Å². The second-order valence-electron chi connectivity index (χ2n) is 6.80. The normalized spacial score (nSPS) is 15.7. The van der Waals surface area contributed by atoms with E-state index in [9.17, 15) is 12.8 Å². The Labute approximate surface area is 159 Å². The maximum absolute atomic E-state index is 14.2. The van der Waals surface area contributed by atoms with Gasteiger partial charge in [0.05, 0.1) is 17.2 Å². The fourth-order valence-corrected chi connectivity index (χ4v) is 3.98. The summed E-state index contributed by atoms with van der Waals surface area (Å²) < 4.78 is 50.9. The van der Waals surface area contributed by atoms with Gasteiger partial charge in [0.1, 0.15) is 11.6 Å². The fourth-order valence-electron chi connectivity index (χ4n) is 3.50. The lowest BCUT2D eigenvalue weighted by Gasteiger charge is -2.34. The summed E-state index contributed by atoms with van der Waals surface area (Å²) in [6.45, 7) is 3.97. The Hall–Kier alpha value is -2.12. The number of anilines is 1. The average Bonchev–Trinajstić information content (AvgIpc) is 2.64. The van der Waals surface area contributed by atoms with Crippen molar-refractivity contribution in [2.45, 2.75) is 31.1 Å². The van der Waals surface area contributed by atoms with E-state index in [1.165, 1.54) is 18.2 Å². The van der Waals surface area contributed by atoms with Crippen LogP contribution in [0.3, 0.4) is 0 Å². The largest absolute Gasteiger partial charge is 0.494 e. The number of ether oxygens (including phenoxy) is 1. The van der Waals surface area contributed by atoms with E-state index in [2.05, 4.69) is 4.90 Å². The molecule has 0 amide bonds. The van der Waals surface area contributed by atoms with E-state index in [0.29, 0.717) is 24.0 Å². The minimum absolute atomic E-state index is 0.0919. The molecule has 146 valence electrons. The molecule has 0 radical (unpaired) electrons. The summed E-state index contributed by atoms with van der Waals surface area (Å²) in [5, 5.41) is 0. The van der Waals surface area contributed by atoms with Gasteiger partial charge in [0, 0.05) is 19.2 Å². The average molecular weight is 393 g/mol. The molecule has 0 spiro atoms. The van der Waals surface area contributed by atoms with E-state index in [1.807, 2.05) is 6.92 Å². The number of benzene rings is 2. The van der Waals surface area contributed by atoms with Crippen molar-refractivity contribution in [3.8, 4) is 5.75 Å². The number of hydrogen-bond acceptors (Lipinski definition) is 4. The molecule has 1 heterocycles. The molecule has 0 aliphatic carbocycles. The summed E-state index contributed by atoms with van der Waals surface area (Å²) >= 11 is 0. The zero-order chi connectivity index (χ0) is 19.4. The van der Waals surface area contributed by atoms with E-state index >= 15 is 0 Å². The van der Waals surface area contributed by atoms with Gasteiger partial charge in [0.25, 0.3) is 10.1 Å². The Morgan fingerprint density at radius 3 is 2.41 bits per heavy atom. The molecule has 2 aromatic rings. The van der Waals surface area contributed by atoms with Crippen LogP contribution in [0.1, 0.15) is 25.3 Å². The van der Waals surface area contributed by atoms with Crippen LogP contribution in [0.4, 0.5) is 10.1 Å². The van der Waals surface area contributed by atoms with Gasteiger partial charge in [-0.2, -0.15) is 8.42 Å². The van der Waals surface area contributed by atoms with E-state index in [4.69, 9.17) is 9.29 Å². The molecular formula is C20H24FNO4S. The fraction of sp³-hybridized carbons (Fsp3) is 0.400. The Morgan fingerprint density at radius 1 is 1.15 bits per heavy atom. The molecule has 1 aliphatic rings. The molecule has 0 atom stereocenters. The second-order valence-corrected chi connectivity index (χ2v) is 8.22. The van der Waals surface area contributed by atoms with E-state index in [-0.39, 0.29) is 10.7 Å². The highest BCUT2D eigenvalue weighted by Gasteiger charge is 2.22. The molecule has 2 aromatic carbocycles. The second kappa shape index (κ2) is 8.27. The minimum atomic E-state index is -4.15. The molecular weight excluding hydrogens is 369 g/mol. The predicted octanol–water partition coefficient (Wildman–Crippen LogP) is 3.93. The monoisotopic (exact) mass is 393 g/mol. The first kappa shape index (κ1) is 19.6. The molecule has 0 bridgehead atoms. The third-order valence-corrected chi connectivity index (χ3v) is 5.80. The first-order chi connectivity index (χ1) is 12.9. The summed E-state index contributed by atoms with van der Waals surface area (Å²) in [6, 6.07) is 11.2. The zero-order valence-electron chi connectivity index (χ0n) is 15.3. The molecule has 1 saturated heterocycles. The van der Waals surface area contributed by atoms with Gasteiger partial charge in [0.2, 0.25) is 0 Å². The molecule has 1 N–H and O–H groups in total. The van der Waals surface area contributed by atoms with Gasteiger partial charge >= 0.3 is 0 Å². The van der Waals surface area contributed by atoms with Gasteiger partial charge in [-0.05, 0) is 61.9 Å². The van der Waals surface area contributed by atoms with Gasteiger partial charge < -0.3 is 9.64 Å². The molecule has 0 saturated carbocycles. The number of nitrogens with zero attached hydrogens (tertiary/aromatic N) is 1. The van der Waals surface area contributed by atoms with Crippen molar-refractivity contribution in [3.05, 3.63) is 53.8 Å². The summed E-state index contributed by atoms with van der Waals surface area (Å²) in [5.41, 5.74) is 1.61. The van der Waals surface area contributed by atoms with Crippen LogP contribution in [0.5, 0.6) is 5.75 Å². The van der Waals surface area contributed by atoms with Crippen molar-refractivity contribution >= 4 is 15.8 Å². The summed E-state index contributed by atoms with van der Waals surface area (Å²) in [5.74, 6) is 0.892. The lowest BCUT2D eigenvalue weighted by atomic mass is 9.90. The minimum Gasteiger partial charge on any atom is -0.494 e. The number of hydrogen-bond donors (Lipinski definition) is 1. The highest BCUT2D eigenvalue weighted by Crippen LogP contribution is 2.30. The maximum atomic E-state index is 14.2. The van der Waals surface area contributed by atoms with Crippen LogP contribution in [0.2, 0.25) is 0 Å². The van der Waals surface area contributed by atoms with Gasteiger partial charge in [-0.1, -0.05) is 12.1 Å². The summed E-state index contributed by atoms with van der Waals surface area (Å²) in [7, 11) is -4.15. The molecule has 0 aromatic heterocycles. The van der Waals surface area contributed by atoms with Crippen molar-refractivity contribution in [2.24, 2.45) is 5.92 Å². The van der Waals surface area contributed by atoms with Crippen LogP contribution in [0.15, 0.2) is 47.4 Å². The Bertz CT molecular complexity index is 875. The van der Waals surface area contributed by atoms with Crippen LogP contribution in [-0.2, 0) is 16.5 Å². The van der Waals surface area contributed by atoms with E-state index in [1.54, 1.807) is 24.3 Å². The number of halogens is 1. The van der Waals surface area contributed by atoms with Gasteiger partial charge in [-0.15, -0.1) is 0 Å². The van der Waals surface area contributed by atoms with Gasteiger partial charge in [-0.3, -0.25) is 4.55 Å². The third kappa shape index (κ3) is 4.99. The highest BCUT2D eigenvalue weighted by molar-refractivity contribution is 7.85. The van der Waals surface area contributed by atoms with E-state index < -0.39 is 10.1 Å². The quantitative estimate of drug-likeness (QED) is 0.753. The summed E-state index contributed by atoms with van der Waals surface area (Å²) in [6.07, 6.45) is 2.69. The zero-order valence-corrected chi connectivity index (χ0v) is 16.1. The van der Waals surface area contributed by atoms with Crippen molar-refractivity contribution in [3.63, 3.8) is 0 Å². The Kier molecular flexibility index (Phi) is 6.01. The number of piperidine rings is 1. The third-order valence-electron chi connectivity index (χ3n) is 4.93. The lowest BCUT2D eigenvalue weighted by Crippen LogP contribution is -2.34. The predicted molar refractivity (Wildman–Crippen MR) is 102 cm³/mol. The molecule has 27 heavy (non-hydrogen) atoms. The van der Waals surface area contributed by atoms with Crippen molar-refractivity contribution in [2.75, 3.05) is 24.6 Å². The maximum Gasteiger partial charge on any atom is 0.294 e. The first-order valence-corrected chi connectivity index (χ1v) is 10.5. The number of rotatable bonds is 6. The standard InChI is InChI=1S/C20H24FNO4S/c1-2-26-17-5-8-19(21)20(14-17)22-11-9-16(10-12-22)13-15-3-6-18(7-4-15)27(23,24)25/h3-8,14,16H,2,9-13H2,1H3,(H,23,24,25). The highest BCUT2D eigenvalue weighted by atomic mass is 32.2. The van der Waals surface area contributed by atoms with Gasteiger partial charge in [-0.25, -0.2) is 4.39 Å². The van der Waals surface area contributed by atoms with Crippen LogP contribution in [0, 0.1) is 11.7 Å². The molecule has 7 heteroatoms. The smallest absolute Gasteiger partial charge is 0.294 e.